The Labute approximate surface area is 161 Å². The van der Waals surface area contributed by atoms with E-state index in [9.17, 15) is 22.8 Å². The van der Waals surface area contributed by atoms with Crippen LogP contribution in [0.2, 0.25) is 0 Å². The SMILES string of the molecule is CC(C)c1ccc(NC(=O)C2CC2C(=O)Nc2cccc(C(F)(F)F)c2)cc1. The minimum absolute atomic E-state index is 0.0650. The molecule has 2 atom stereocenters. The molecule has 0 aliphatic heterocycles. The second-order valence-corrected chi connectivity index (χ2v) is 7.28. The van der Waals surface area contributed by atoms with Gasteiger partial charge >= 0.3 is 6.18 Å². The third-order valence-electron chi connectivity index (χ3n) is 4.77. The van der Waals surface area contributed by atoms with E-state index in [4.69, 9.17) is 0 Å². The van der Waals surface area contributed by atoms with Crippen LogP contribution >= 0.6 is 0 Å². The average Bonchev–Trinajstić information content (AvgIpc) is 3.43. The zero-order chi connectivity index (χ0) is 20.5. The topological polar surface area (TPSA) is 58.2 Å². The second kappa shape index (κ2) is 7.66. The molecular formula is C21H21F3N2O2. The average molecular weight is 390 g/mol. The summed E-state index contributed by atoms with van der Waals surface area (Å²) in [5, 5.41) is 5.25. The number of hydrogen-bond donors (Lipinski definition) is 2. The van der Waals surface area contributed by atoms with Crippen LogP contribution in [0.3, 0.4) is 0 Å². The number of hydrogen-bond acceptors (Lipinski definition) is 2. The van der Waals surface area contributed by atoms with Crippen LogP contribution in [0.15, 0.2) is 48.5 Å². The fourth-order valence-corrected chi connectivity index (χ4v) is 2.97. The second-order valence-electron chi connectivity index (χ2n) is 7.28. The standard InChI is InChI=1S/C21H21F3N2O2/c1-12(2)13-6-8-15(9-7-13)25-19(27)17-11-18(17)20(28)26-16-5-3-4-14(10-16)21(22,23)24/h3-10,12,17-18H,11H2,1-2H3,(H,25,27)(H,26,28). The Hall–Kier alpha value is -2.83. The van der Waals surface area contributed by atoms with Crippen LogP contribution < -0.4 is 10.6 Å². The lowest BCUT2D eigenvalue weighted by Crippen LogP contribution is -2.20. The van der Waals surface area contributed by atoms with Gasteiger partial charge in [0.05, 0.1) is 17.4 Å². The van der Waals surface area contributed by atoms with E-state index >= 15 is 0 Å². The van der Waals surface area contributed by atoms with Crippen molar-refractivity contribution in [1.29, 1.82) is 0 Å². The van der Waals surface area contributed by atoms with Gasteiger partial charge in [0.25, 0.3) is 0 Å². The molecule has 0 bridgehead atoms. The predicted octanol–water partition coefficient (Wildman–Crippen LogP) is 5.04. The van der Waals surface area contributed by atoms with Gasteiger partial charge in [0, 0.05) is 11.4 Å². The highest BCUT2D eigenvalue weighted by Gasteiger charge is 2.48. The van der Waals surface area contributed by atoms with Gasteiger partial charge in [-0.15, -0.1) is 0 Å². The summed E-state index contributed by atoms with van der Waals surface area (Å²) >= 11 is 0. The van der Waals surface area contributed by atoms with Gasteiger partial charge in [-0.05, 0) is 48.2 Å². The molecule has 2 aromatic carbocycles. The van der Waals surface area contributed by atoms with Gasteiger partial charge in [0.1, 0.15) is 0 Å². The largest absolute Gasteiger partial charge is 0.416 e. The Kier molecular flexibility index (Phi) is 5.45. The maximum Gasteiger partial charge on any atom is 0.416 e. The Morgan fingerprint density at radius 1 is 0.929 bits per heavy atom. The molecule has 2 aromatic rings. The number of anilines is 2. The van der Waals surface area contributed by atoms with Crippen LogP contribution in [0, 0.1) is 11.8 Å². The molecule has 0 spiro atoms. The van der Waals surface area contributed by atoms with E-state index in [-0.39, 0.29) is 11.6 Å². The lowest BCUT2D eigenvalue weighted by atomic mass is 10.0. The van der Waals surface area contributed by atoms with E-state index in [0.29, 0.717) is 18.0 Å². The Bertz CT molecular complexity index is 876. The van der Waals surface area contributed by atoms with Crippen LogP contribution in [-0.2, 0) is 15.8 Å². The highest BCUT2D eigenvalue weighted by Crippen LogP contribution is 2.40. The van der Waals surface area contributed by atoms with Crippen LogP contribution in [0.5, 0.6) is 0 Å². The number of carbonyl (C=O) groups excluding carboxylic acids is 2. The summed E-state index contributed by atoms with van der Waals surface area (Å²) in [6.45, 7) is 4.15. The summed E-state index contributed by atoms with van der Waals surface area (Å²) < 4.78 is 38.3. The zero-order valence-corrected chi connectivity index (χ0v) is 15.5. The molecule has 0 heterocycles. The summed E-state index contributed by atoms with van der Waals surface area (Å²) in [7, 11) is 0. The highest BCUT2D eigenvalue weighted by atomic mass is 19.4. The molecule has 1 aliphatic rings. The van der Waals surface area contributed by atoms with E-state index in [2.05, 4.69) is 24.5 Å². The summed E-state index contributed by atoms with van der Waals surface area (Å²) in [6, 6.07) is 11.9. The number of amides is 2. The maximum atomic E-state index is 12.8. The number of carbonyl (C=O) groups is 2. The van der Waals surface area contributed by atoms with E-state index in [1.165, 1.54) is 12.1 Å². The van der Waals surface area contributed by atoms with Crippen molar-refractivity contribution in [3.05, 3.63) is 59.7 Å². The van der Waals surface area contributed by atoms with Crippen molar-refractivity contribution in [3.63, 3.8) is 0 Å². The Morgan fingerprint density at radius 3 is 2.04 bits per heavy atom. The van der Waals surface area contributed by atoms with Crippen molar-refractivity contribution in [2.75, 3.05) is 10.6 Å². The maximum absolute atomic E-state index is 12.8. The number of benzene rings is 2. The highest BCUT2D eigenvalue weighted by molar-refractivity contribution is 6.03. The first kappa shape index (κ1) is 19.9. The third-order valence-corrected chi connectivity index (χ3v) is 4.77. The molecule has 148 valence electrons. The Balaban J connectivity index is 1.56. The van der Waals surface area contributed by atoms with Crippen LogP contribution in [0.1, 0.15) is 37.3 Å². The molecule has 4 nitrogen and oxygen atoms in total. The van der Waals surface area contributed by atoms with E-state index in [0.717, 1.165) is 17.7 Å². The quantitative estimate of drug-likeness (QED) is 0.751. The van der Waals surface area contributed by atoms with Crippen LogP contribution in [0.4, 0.5) is 24.5 Å². The molecule has 2 unspecified atom stereocenters. The lowest BCUT2D eigenvalue weighted by molar-refractivity contribution is -0.137. The molecule has 3 rings (SSSR count). The van der Waals surface area contributed by atoms with Crippen molar-refractivity contribution in [3.8, 4) is 0 Å². The monoisotopic (exact) mass is 390 g/mol. The molecule has 0 aromatic heterocycles. The van der Waals surface area contributed by atoms with Crippen LogP contribution in [-0.4, -0.2) is 11.8 Å². The molecule has 0 saturated heterocycles. The summed E-state index contributed by atoms with van der Waals surface area (Å²) in [5.41, 5.74) is 1.04. The van der Waals surface area contributed by atoms with E-state index in [1.807, 2.05) is 24.3 Å². The van der Waals surface area contributed by atoms with Crippen molar-refractivity contribution in [1.82, 2.24) is 0 Å². The fraction of sp³-hybridized carbons (Fsp3) is 0.333. The lowest BCUT2D eigenvalue weighted by Gasteiger charge is -2.10. The van der Waals surface area contributed by atoms with Crippen molar-refractivity contribution in [2.24, 2.45) is 11.8 Å². The molecule has 1 fully saturated rings. The first-order valence-corrected chi connectivity index (χ1v) is 9.04. The molecule has 7 heteroatoms. The van der Waals surface area contributed by atoms with E-state index < -0.39 is 29.5 Å². The van der Waals surface area contributed by atoms with Gasteiger partial charge in [-0.3, -0.25) is 9.59 Å². The van der Waals surface area contributed by atoms with Gasteiger partial charge in [0.15, 0.2) is 0 Å². The van der Waals surface area contributed by atoms with Crippen molar-refractivity contribution in [2.45, 2.75) is 32.4 Å². The number of alkyl halides is 3. The van der Waals surface area contributed by atoms with Crippen LogP contribution in [0.25, 0.3) is 0 Å². The number of rotatable bonds is 5. The molecule has 0 radical (unpaired) electrons. The third kappa shape index (κ3) is 4.71. The number of halogens is 3. The molecule has 28 heavy (non-hydrogen) atoms. The van der Waals surface area contributed by atoms with Gasteiger partial charge in [0.2, 0.25) is 11.8 Å². The summed E-state index contributed by atoms with van der Waals surface area (Å²) in [4.78, 5) is 24.6. The minimum atomic E-state index is -4.48. The molecule has 1 saturated carbocycles. The zero-order valence-electron chi connectivity index (χ0n) is 15.5. The first-order valence-electron chi connectivity index (χ1n) is 9.04. The summed E-state index contributed by atoms with van der Waals surface area (Å²) in [5.74, 6) is -1.34. The van der Waals surface area contributed by atoms with Gasteiger partial charge in [-0.1, -0.05) is 32.0 Å². The Morgan fingerprint density at radius 2 is 1.50 bits per heavy atom. The molecule has 1 aliphatic carbocycles. The van der Waals surface area contributed by atoms with Gasteiger partial charge in [-0.2, -0.15) is 13.2 Å². The van der Waals surface area contributed by atoms with Crippen molar-refractivity contribution < 1.29 is 22.8 Å². The molecule has 2 N–H and O–H groups in total. The van der Waals surface area contributed by atoms with E-state index in [1.54, 1.807) is 0 Å². The predicted molar refractivity (Wildman–Crippen MR) is 101 cm³/mol. The molecule has 2 amide bonds. The smallest absolute Gasteiger partial charge is 0.326 e. The number of nitrogens with one attached hydrogen (secondary N) is 2. The molecular weight excluding hydrogens is 369 g/mol. The van der Waals surface area contributed by atoms with Crippen molar-refractivity contribution >= 4 is 23.2 Å². The normalized spacial score (nSPS) is 18.6. The van der Waals surface area contributed by atoms with Gasteiger partial charge in [-0.25, -0.2) is 0 Å². The minimum Gasteiger partial charge on any atom is -0.326 e. The first-order chi connectivity index (χ1) is 13.1. The van der Waals surface area contributed by atoms with Gasteiger partial charge < -0.3 is 10.6 Å². The summed E-state index contributed by atoms with van der Waals surface area (Å²) in [6.07, 6.45) is -4.10. The fourth-order valence-electron chi connectivity index (χ4n) is 2.97.